The van der Waals surface area contributed by atoms with E-state index < -0.39 is 0 Å². The highest BCUT2D eigenvalue weighted by atomic mass is 35.5. The fraction of sp³-hybridized carbons (Fsp3) is 0.615. The molecule has 0 bridgehead atoms. The van der Waals surface area contributed by atoms with Gasteiger partial charge in [-0.15, -0.1) is 11.3 Å². The van der Waals surface area contributed by atoms with E-state index in [4.69, 9.17) is 16.3 Å². The first kappa shape index (κ1) is 15.5. The molecule has 0 amide bonds. The molecule has 1 unspecified atom stereocenters. The number of halogens is 2. The number of rotatable bonds is 4. The molecule has 0 spiro atoms. The van der Waals surface area contributed by atoms with Crippen molar-refractivity contribution in [3.8, 4) is 0 Å². The lowest BCUT2D eigenvalue weighted by Crippen LogP contribution is -2.48. The van der Waals surface area contributed by atoms with E-state index in [1.165, 1.54) is 0 Å². The quantitative estimate of drug-likeness (QED) is 0.527. The van der Waals surface area contributed by atoms with Crippen LogP contribution in [0.25, 0.3) is 0 Å². The van der Waals surface area contributed by atoms with Crippen LogP contribution in [0.4, 0.5) is 4.39 Å². The minimum absolute atomic E-state index is 0.0148. The molecule has 0 aromatic carbocycles. The Bertz CT molecular complexity index is 455. The summed E-state index contributed by atoms with van der Waals surface area (Å²) in [6.45, 7) is 2.43. The third kappa shape index (κ3) is 4.07. The predicted octanol–water partition coefficient (Wildman–Crippen LogP) is 2.71. The van der Waals surface area contributed by atoms with Gasteiger partial charge in [0.2, 0.25) is 0 Å². The minimum atomic E-state index is -0.316. The van der Waals surface area contributed by atoms with Gasteiger partial charge in [0.25, 0.3) is 0 Å². The van der Waals surface area contributed by atoms with Gasteiger partial charge in [0, 0.05) is 25.0 Å². The van der Waals surface area contributed by atoms with E-state index in [1.54, 1.807) is 18.4 Å². The summed E-state index contributed by atoms with van der Waals surface area (Å²) in [5, 5.41) is 3.17. The summed E-state index contributed by atoms with van der Waals surface area (Å²) >= 11 is 7.51. The van der Waals surface area contributed by atoms with Crippen molar-refractivity contribution >= 4 is 28.9 Å². The van der Waals surface area contributed by atoms with Crippen molar-refractivity contribution in [1.29, 1.82) is 0 Å². The SMILES string of the molecule is CN=C(NCCCF)N1CCOC(c2ccc(Cl)s2)C1. The molecule has 0 radical (unpaired) electrons. The number of ether oxygens (including phenoxy) is 1. The molecule has 0 aliphatic carbocycles. The van der Waals surface area contributed by atoms with Gasteiger partial charge in [0.05, 0.1) is 24.2 Å². The molecule has 1 fully saturated rings. The third-order valence-corrected chi connectivity index (χ3v) is 4.41. The second kappa shape index (κ2) is 7.81. The van der Waals surface area contributed by atoms with E-state index in [9.17, 15) is 4.39 Å². The first-order valence-corrected chi connectivity index (χ1v) is 7.82. The number of hydrogen-bond acceptors (Lipinski definition) is 3. The molecule has 2 heterocycles. The van der Waals surface area contributed by atoms with Crippen molar-refractivity contribution in [1.82, 2.24) is 10.2 Å². The van der Waals surface area contributed by atoms with E-state index in [2.05, 4.69) is 15.2 Å². The molecule has 20 heavy (non-hydrogen) atoms. The Morgan fingerprint density at radius 1 is 1.65 bits per heavy atom. The summed E-state index contributed by atoms with van der Waals surface area (Å²) in [7, 11) is 1.74. The minimum Gasteiger partial charge on any atom is -0.369 e. The van der Waals surface area contributed by atoms with Crippen LogP contribution < -0.4 is 5.32 Å². The lowest BCUT2D eigenvalue weighted by atomic mass is 10.2. The van der Waals surface area contributed by atoms with Crippen LogP contribution in [0, 0.1) is 0 Å². The zero-order chi connectivity index (χ0) is 14.4. The Morgan fingerprint density at radius 2 is 2.50 bits per heavy atom. The van der Waals surface area contributed by atoms with Crippen LogP contribution in [-0.4, -0.2) is 50.8 Å². The Labute approximate surface area is 127 Å². The van der Waals surface area contributed by atoms with Gasteiger partial charge in [-0.3, -0.25) is 9.38 Å². The predicted molar refractivity (Wildman–Crippen MR) is 81.5 cm³/mol. The molecule has 1 saturated heterocycles. The zero-order valence-corrected chi connectivity index (χ0v) is 13.0. The number of aliphatic imine (C=N–C) groups is 1. The fourth-order valence-corrected chi connectivity index (χ4v) is 3.22. The highest BCUT2D eigenvalue weighted by Crippen LogP contribution is 2.31. The van der Waals surface area contributed by atoms with Crippen LogP contribution in [0.5, 0.6) is 0 Å². The van der Waals surface area contributed by atoms with Crippen molar-refractivity contribution in [2.45, 2.75) is 12.5 Å². The van der Waals surface area contributed by atoms with E-state index in [-0.39, 0.29) is 12.8 Å². The molecular formula is C13H19ClFN3OS. The Balaban J connectivity index is 1.95. The lowest BCUT2D eigenvalue weighted by molar-refractivity contribution is -0.00598. The average Bonchev–Trinajstić information content (AvgIpc) is 2.90. The van der Waals surface area contributed by atoms with Gasteiger partial charge >= 0.3 is 0 Å². The maximum Gasteiger partial charge on any atom is 0.193 e. The highest BCUT2D eigenvalue weighted by molar-refractivity contribution is 7.16. The number of thiophene rings is 1. The van der Waals surface area contributed by atoms with E-state index in [0.29, 0.717) is 19.6 Å². The number of alkyl halides is 1. The molecule has 1 atom stereocenters. The Kier molecular flexibility index (Phi) is 6.06. The molecule has 1 aromatic rings. The van der Waals surface area contributed by atoms with Crippen molar-refractivity contribution in [2.75, 3.05) is 40.0 Å². The largest absolute Gasteiger partial charge is 0.369 e. The smallest absolute Gasteiger partial charge is 0.193 e. The Morgan fingerprint density at radius 3 is 3.15 bits per heavy atom. The maximum atomic E-state index is 12.2. The van der Waals surface area contributed by atoms with E-state index in [1.807, 2.05) is 12.1 Å². The number of guanidine groups is 1. The number of morpholine rings is 1. The summed E-state index contributed by atoms with van der Waals surface area (Å²) in [6.07, 6.45) is 0.508. The molecular weight excluding hydrogens is 301 g/mol. The van der Waals surface area contributed by atoms with Crippen molar-refractivity contribution in [3.63, 3.8) is 0 Å². The number of nitrogens with one attached hydrogen (secondary N) is 1. The van der Waals surface area contributed by atoms with Gasteiger partial charge in [-0.05, 0) is 18.6 Å². The molecule has 1 aliphatic rings. The molecule has 2 rings (SSSR count). The third-order valence-electron chi connectivity index (χ3n) is 3.08. The summed E-state index contributed by atoms with van der Waals surface area (Å²) < 4.78 is 18.7. The Hall–Kier alpha value is -0.850. The van der Waals surface area contributed by atoms with Gasteiger partial charge in [-0.25, -0.2) is 0 Å². The average molecular weight is 320 g/mol. The zero-order valence-electron chi connectivity index (χ0n) is 11.4. The molecule has 1 N–H and O–H groups in total. The molecule has 1 aliphatic heterocycles. The topological polar surface area (TPSA) is 36.9 Å². The summed E-state index contributed by atoms with van der Waals surface area (Å²) in [4.78, 5) is 7.51. The second-order valence-corrected chi connectivity index (χ2v) is 6.21. The lowest BCUT2D eigenvalue weighted by Gasteiger charge is -2.34. The standard InChI is InChI=1S/C13H19ClFN3OS/c1-16-13(17-6-2-5-15)18-7-8-19-10(9-18)11-3-4-12(14)20-11/h3-4,10H,2,5-9H2,1H3,(H,16,17). The summed E-state index contributed by atoms with van der Waals surface area (Å²) in [5.74, 6) is 0.800. The van der Waals surface area contributed by atoms with Crippen LogP contribution in [0.2, 0.25) is 4.34 Å². The van der Waals surface area contributed by atoms with E-state index in [0.717, 1.165) is 28.3 Å². The summed E-state index contributed by atoms with van der Waals surface area (Å²) in [6, 6.07) is 3.89. The highest BCUT2D eigenvalue weighted by Gasteiger charge is 2.25. The fourth-order valence-electron chi connectivity index (χ4n) is 2.11. The number of hydrogen-bond donors (Lipinski definition) is 1. The molecule has 4 nitrogen and oxygen atoms in total. The van der Waals surface area contributed by atoms with Gasteiger partial charge in [-0.1, -0.05) is 11.6 Å². The van der Waals surface area contributed by atoms with Gasteiger partial charge in [-0.2, -0.15) is 0 Å². The van der Waals surface area contributed by atoms with Crippen molar-refractivity contribution < 1.29 is 9.13 Å². The van der Waals surface area contributed by atoms with Crippen LogP contribution in [0.3, 0.4) is 0 Å². The molecule has 1 aromatic heterocycles. The first-order chi connectivity index (χ1) is 9.74. The normalized spacial score (nSPS) is 20.2. The van der Waals surface area contributed by atoms with Crippen molar-refractivity contribution in [3.05, 3.63) is 21.3 Å². The van der Waals surface area contributed by atoms with Crippen molar-refractivity contribution in [2.24, 2.45) is 4.99 Å². The van der Waals surface area contributed by atoms with Crippen LogP contribution in [0.1, 0.15) is 17.4 Å². The molecule has 7 heteroatoms. The van der Waals surface area contributed by atoms with Gasteiger partial charge in [0.1, 0.15) is 6.10 Å². The van der Waals surface area contributed by atoms with Crippen LogP contribution >= 0.6 is 22.9 Å². The van der Waals surface area contributed by atoms with E-state index >= 15 is 0 Å². The molecule has 112 valence electrons. The van der Waals surface area contributed by atoms with Gasteiger partial charge in [0.15, 0.2) is 5.96 Å². The van der Waals surface area contributed by atoms with Crippen LogP contribution in [0.15, 0.2) is 17.1 Å². The van der Waals surface area contributed by atoms with Gasteiger partial charge < -0.3 is 15.0 Å². The van der Waals surface area contributed by atoms with Crippen LogP contribution in [-0.2, 0) is 4.74 Å². The molecule has 0 saturated carbocycles. The monoisotopic (exact) mass is 319 g/mol. The second-order valence-electron chi connectivity index (χ2n) is 4.46. The first-order valence-electron chi connectivity index (χ1n) is 6.63. The summed E-state index contributed by atoms with van der Waals surface area (Å²) in [5.41, 5.74) is 0. The maximum absolute atomic E-state index is 12.2. The number of nitrogens with zero attached hydrogens (tertiary/aromatic N) is 2.